The summed E-state index contributed by atoms with van der Waals surface area (Å²) in [4.78, 5) is 4.51. The summed E-state index contributed by atoms with van der Waals surface area (Å²) in [5.41, 5.74) is 9.00. The molecule has 2 heterocycles. The molecule has 2 atom stereocenters. The molecule has 4 nitrogen and oxygen atoms in total. The minimum atomic E-state index is -1.22. The number of fused-ring (bicyclic) bond motifs is 3. The van der Waals surface area contributed by atoms with E-state index >= 15 is 0 Å². The number of aromatic nitrogens is 2. The highest BCUT2D eigenvalue weighted by Crippen LogP contribution is 2.34. The molecule has 126 valence electrons. The lowest BCUT2D eigenvalue weighted by atomic mass is 9.80. The number of nitriles is 1. The summed E-state index contributed by atoms with van der Waals surface area (Å²) in [5, 5.41) is 9.00. The summed E-state index contributed by atoms with van der Waals surface area (Å²) in [6, 6.07) is 6.38. The molecule has 1 aliphatic carbocycles. The second kappa shape index (κ2) is 5.60. The molecule has 4 rings (SSSR count). The Hall–Kier alpha value is -2.85. The van der Waals surface area contributed by atoms with E-state index in [2.05, 4.69) is 11.1 Å². The lowest BCUT2D eigenvalue weighted by Gasteiger charge is -2.29. The molecule has 1 aliphatic rings. The van der Waals surface area contributed by atoms with Crippen molar-refractivity contribution >= 4 is 5.65 Å². The lowest BCUT2D eigenvalue weighted by molar-refractivity contribution is 0.446. The van der Waals surface area contributed by atoms with Gasteiger partial charge >= 0.3 is 0 Å². The largest absolute Gasteiger partial charge is 0.327 e. The van der Waals surface area contributed by atoms with Gasteiger partial charge in [0.15, 0.2) is 11.6 Å². The van der Waals surface area contributed by atoms with Gasteiger partial charge in [-0.15, -0.1) is 0 Å². The highest BCUT2D eigenvalue weighted by molar-refractivity contribution is 5.50. The number of benzene rings is 1. The van der Waals surface area contributed by atoms with Crippen LogP contribution in [0.25, 0.3) is 5.65 Å². The van der Waals surface area contributed by atoms with Crippen LogP contribution in [0.15, 0.2) is 30.5 Å². The first-order valence-electron chi connectivity index (χ1n) is 7.78. The Labute approximate surface area is 141 Å². The third kappa shape index (κ3) is 2.46. The summed E-state index contributed by atoms with van der Waals surface area (Å²) in [7, 11) is 0. The van der Waals surface area contributed by atoms with Crippen molar-refractivity contribution in [3.05, 3.63) is 70.4 Å². The first kappa shape index (κ1) is 15.7. The Balaban J connectivity index is 1.79. The zero-order valence-corrected chi connectivity index (χ0v) is 13.0. The van der Waals surface area contributed by atoms with Crippen LogP contribution < -0.4 is 5.73 Å². The maximum atomic E-state index is 14.1. The van der Waals surface area contributed by atoms with Gasteiger partial charge in [-0.05, 0) is 30.2 Å². The molecule has 3 aromatic rings. The minimum absolute atomic E-state index is 0.0619. The van der Waals surface area contributed by atoms with E-state index in [1.165, 1.54) is 0 Å². The number of pyridine rings is 1. The molecule has 2 N–H and O–H groups in total. The topological polar surface area (TPSA) is 67.1 Å². The summed E-state index contributed by atoms with van der Waals surface area (Å²) in [6.45, 7) is 0. The quantitative estimate of drug-likeness (QED) is 0.692. The first-order valence-corrected chi connectivity index (χ1v) is 7.78. The monoisotopic (exact) mass is 342 g/mol. The molecule has 2 aromatic heterocycles. The van der Waals surface area contributed by atoms with Crippen LogP contribution in [-0.2, 0) is 12.8 Å². The molecule has 1 aromatic carbocycles. The van der Waals surface area contributed by atoms with Gasteiger partial charge in [0.1, 0.15) is 11.5 Å². The van der Waals surface area contributed by atoms with Crippen molar-refractivity contribution in [2.24, 2.45) is 5.73 Å². The van der Waals surface area contributed by atoms with Gasteiger partial charge in [0.25, 0.3) is 0 Å². The molecule has 0 fully saturated rings. The number of nitrogens with two attached hydrogens (primary N) is 1. The molecule has 0 saturated heterocycles. The predicted molar refractivity (Wildman–Crippen MR) is 84.3 cm³/mol. The molecule has 0 aliphatic heterocycles. The van der Waals surface area contributed by atoms with Crippen molar-refractivity contribution in [3.8, 4) is 6.07 Å². The molecular weight excluding hydrogens is 329 g/mol. The van der Waals surface area contributed by atoms with Crippen molar-refractivity contribution in [1.82, 2.24) is 9.38 Å². The Kier molecular flexibility index (Phi) is 3.51. The van der Waals surface area contributed by atoms with Crippen LogP contribution in [0.5, 0.6) is 0 Å². The van der Waals surface area contributed by atoms with E-state index < -0.39 is 29.4 Å². The third-order valence-electron chi connectivity index (χ3n) is 4.74. The fourth-order valence-corrected chi connectivity index (χ4v) is 3.48. The number of hydrogen-bond acceptors (Lipinski definition) is 3. The van der Waals surface area contributed by atoms with E-state index in [-0.39, 0.29) is 5.56 Å². The summed E-state index contributed by atoms with van der Waals surface area (Å²) >= 11 is 0. The van der Waals surface area contributed by atoms with E-state index in [9.17, 15) is 13.2 Å². The molecule has 0 amide bonds. The zero-order chi connectivity index (χ0) is 17.7. The van der Waals surface area contributed by atoms with Crippen LogP contribution in [0.3, 0.4) is 0 Å². The van der Waals surface area contributed by atoms with Crippen LogP contribution >= 0.6 is 0 Å². The highest BCUT2D eigenvalue weighted by Gasteiger charge is 2.32. The first-order chi connectivity index (χ1) is 12.0. The standard InChI is InChI=1S/C18H13F3N4/c19-12-6-14(21)13(20)4-10(12)11-5-16-17(7-15(11)23)25-2-1-9(8-22)3-18(25)24-16/h1-4,6,11,15H,5,7,23H2/t11-,15+/m0/s1. The smallest absolute Gasteiger partial charge is 0.161 e. The van der Waals surface area contributed by atoms with Gasteiger partial charge < -0.3 is 10.1 Å². The Morgan fingerprint density at radius 1 is 1.12 bits per heavy atom. The normalized spacial score (nSPS) is 19.6. The van der Waals surface area contributed by atoms with Gasteiger partial charge in [0.05, 0.1) is 17.3 Å². The van der Waals surface area contributed by atoms with Gasteiger partial charge in [-0.1, -0.05) is 0 Å². The van der Waals surface area contributed by atoms with Crippen molar-refractivity contribution in [2.45, 2.75) is 24.8 Å². The lowest BCUT2D eigenvalue weighted by Crippen LogP contribution is -2.37. The fraction of sp³-hybridized carbons (Fsp3) is 0.222. The summed E-state index contributed by atoms with van der Waals surface area (Å²) in [5.74, 6) is -3.62. The Bertz CT molecular complexity index is 1030. The van der Waals surface area contributed by atoms with Gasteiger partial charge in [-0.2, -0.15) is 5.26 Å². The van der Waals surface area contributed by atoms with Crippen molar-refractivity contribution in [1.29, 1.82) is 5.26 Å². The number of halogens is 3. The second-order valence-corrected chi connectivity index (χ2v) is 6.23. The van der Waals surface area contributed by atoms with Crippen LogP contribution in [0.1, 0.15) is 28.4 Å². The van der Waals surface area contributed by atoms with E-state index in [0.29, 0.717) is 30.1 Å². The van der Waals surface area contributed by atoms with Crippen LogP contribution in [0, 0.1) is 28.8 Å². The van der Waals surface area contributed by atoms with E-state index in [0.717, 1.165) is 17.5 Å². The van der Waals surface area contributed by atoms with Gasteiger partial charge in [-0.3, -0.25) is 0 Å². The molecule has 0 saturated carbocycles. The molecule has 0 spiro atoms. The summed E-state index contributed by atoms with van der Waals surface area (Å²) in [6.07, 6.45) is 2.50. The zero-order valence-electron chi connectivity index (χ0n) is 13.0. The third-order valence-corrected chi connectivity index (χ3v) is 4.74. The van der Waals surface area contributed by atoms with E-state index in [4.69, 9.17) is 11.0 Å². The average Bonchev–Trinajstić information content (AvgIpc) is 2.94. The predicted octanol–water partition coefficient (Wildman–Crippen LogP) is 2.83. The van der Waals surface area contributed by atoms with Crippen LogP contribution in [-0.4, -0.2) is 15.4 Å². The van der Waals surface area contributed by atoms with Crippen molar-refractivity contribution in [2.75, 3.05) is 0 Å². The average molecular weight is 342 g/mol. The molecule has 25 heavy (non-hydrogen) atoms. The van der Waals surface area contributed by atoms with Crippen molar-refractivity contribution in [3.63, 3.8) is 0 Å². The van der Waals surface area contributed by atoms with Gasteiger partial charge in [0, 0.05) is 36.3 Å². The Morgan fingerprint density at radius 3 is 2.64 bits per heavy atom. The highest BCUT2D eigenvalue weighted by atomic mass is 19.2. The Morgan fingerprint density at radius 2 is 1.88 bits per heavy atom. The number of hydrogen-bond donors (Lipinski definition) is 1. The maximum absolute atomic E-state index is 14.1. The summed E-state index contributed by atoms with van der Waals surface area (Å²) < 4.78 is 42.7. The number of rotatable bonds is 1. The minimum Gasteiger partial charge on any atom is -0.327 e. The maximum Gasteiger partial charge on any atom is 0.161 e. The van der Waals surface area contributed by atoms with Crippen molar-refractivity contribution < 1.29 is 13.2 Å². The molecule has 0 radical (unpaired) electrons. The molecule has 0 bridgehead atoms. The van der Waals surface area contributed by atoms with Crippen LogP contribution in [0.4, 0.5) is 13.2 Å². The molecular formula is C18H13F3N4. The van der Waals surface area contributed by atoms with E-state index in [1.54, 1.807) is 18.3 Å². The van der Waals surface area contributed by atoms with Gasteiger partial charge in [-0.25, -0.2) is 18.2 Å². The SMILES string of the molecule is N#Cc1ccn2c3c(nc2c1)C[C@@H](c1cc(F)c(F)cc1F)[C@H](N)C3. The van der Waals surface area contributed by atoms with E-state index in [1.807, 2.05) is 4.40 Å². The van der Waals surface area contributed by atoms with Gasteiger partial charge in [0.2, 0.25) is 0 Å². The van der Waals surface area contributed by atoms with Crippen LogP contribution in [0.2, 0.25) is 0 Å². The number of imidazole rings is 1. The molecule has 7 heteroatoms. The second-order valence-electron chi connectivity index (χ2n) is 6.23. The fourth-order valence-electron chi connectivity index (χ4n) is 3.48. The number of nitrogens with zero attached hydrogens (tertiary/aromatic N) is 3. The molecule has 0 unspecified atom stereocenters.